The Morgan fingerprint density at radius 3 is 2.52 bits per heavy atom. The second kappa shape index (κ2) is 6.75. The van der Waals surface area contributed by atoms with Gasteiger partial charge in [-0.15, -0.1) is 0 Å². The summed E-state index contributed by atoms with van der Waals surface area (Å²) in [7, 11) is 0. The van der Waals surface area contributed by atoms with E-state index in [-0.39, 0.29) is 11.4 Å². The Morgan fingerprint density at radius 2 is 1.81 bits per heavy atom. The van der Waals surface area contributed by atoms with Crippen LogP contribution in [0.4, 0.5) is 11.9 Å². The Hall–Kier alpha value is -1.14. The Morgan fingerprint density at radius 1 is 1.10 bits per heavy atom. The molecule has 0 aromatic carbocycles. The molecule has 2 N–H and O–H groups in total. The van der Waals surface area contributed by atoms with Crippen LogP contribution in [0.25, 0.3) is 0 Å². The Kier molecular flexibility index (Phi) is 4.75. The number of hydrogen-bond donors (Lipinski definition) is 2. The van der Waals surface area contributed by atoms with Gasteiger partial charge in [0, 0.05) is 19.6 Å². The largest absolute Gasteiger partial charge is 0.393 e. The fraction of sp³-hybridized carbons (Fsp3) is 0.786. The fourth-order valence-electron chi connectivity index (χ4n) is 3.06. The van der Waals surface area contributed by atoms with Crippen LogP contribution in [0.5, 0.6) is 0 Å². The van der Waals surface area contributed by atoms with Gasteiger partial charge in [-0.25, -0.2) is 0 Å². The average Bonchev–Trinajstić information content (AvgIpc) is 3.00. The molecule has 21 heavy (non-hydrogen) atoms. The van der Waals surface area contributed by atoms with E-state index in [2.05, 4.69) is 25.2 Å². The zero-order valence-electron chi connectivity index (χ0n) is 12.1. The highest BCUT2D eigenvalue weighted by Crippen LogP contribution is 2.24. The van der Waals surface area contributed by atoms with Crippen molar-refractivity contribution in [2.75, 3.05) is 29.9 Å². The van der Waals surface area contributed by atoms with Crippen LogP contribution in [0.15, 0.2) is 0 Å². The van der Waals surface area contributed by atoms with Crippen molar-refractivity contribution in [2.45, 2.75) is 44.6 Å². The van der Waals surface area contributed by atoms with Crippen molar-refractivity contribution < 1.29 is 5.11 Å². The Labute approximate surface area is 130 Å². The third-order valence-electron chi connectivity index (χ3n) is 4.35. The molecule has 7 heteroatoms. The van der Waals surface area contributed by atoms with Gasteiger partial charge in [-0.2, -0.15) is 15.0 Å². The molecule has 3 rings (SSSR count). The van der Waals surface area contributed by atoms with Crippen molar-refractivity contribution in [1.82, 2.24) is 15.0 Å². The lowest BCUT2D eigenvalue weighted by atomic mass is 9.87. The lowest BCUT2D eigenvalue weighted by Gasteiger charge is -2.25. The second-order valence-electron chi connectivity index (χ2n) is 5.98. The van der Waals surface area contributed by atoms with Crippen LogP contribution >= 0.6 is 11.6 Å². The van der Waals surface area contributed by atoms with Crippen LogP contribution in [0.1, 0.15) is 38.5 Å². The van der Waals surface area contributed by atoms with Crippen molar-refractivity contribution >= 4 is 23.5 Å². The minimum absolute atomic E-state index is 0.116. The number of nitrogens with one attached hydrogen (secondary N) is 1. The first-order valence-corrected chi connectivity index (χ1v) is 8.17. The average molecular weight is 312 g/mol. The number of aromatic nitrogens is 3. The van der Waals surface area contributed by atoms with Crippen LogP contribution in [0, 0.1) is 5.92 Å². The molecule has 116 valence electrons. The maximum absolute atomic E-state index is 9.53. The monoisotopic (exact) mass is 311 g/mol. The van der Waals surface area contributed by atoms with E-state index in [1.54, 1.807) is 0 Å². The van der Waals surface area contributed by atoms with Gasteiger partial charge in [0.05, 0.1) is 6.10 Å². The van der Waals surface area contributed by atoms with Crippen LogP contribution in [0.2, 0.25) is 5.28 Å². The highest BCUT2D eigenvalue weighted by atomic mass is 35.5. The fourth-order valence-corrected chi connectivity index (χ4v) is 3.22. The second-order valence-corrected chi connectivity index (χ2v) is 6.32. The molecule has 2 fully saturated rings. The standard InChI is InChI=1S/C14H22ClN5O/c15-12-17-13(16-9-10-3-5-11(21)6-4-10)19-14(18-12)20-7-1-2-8-20/h10-11,21H,1-9H2,(H,16,17,18,19). The first-order valence-electron chi connectivity index (χ1n) is 7.79. The molecule has 0 atom stereocenters. The normalized spacial score (nSPS) is 26.1. The zero-order valence-corrected chi connectivity index (χ0v) is 12.9. The summed E-state index contributed by atoms with van der Waals surface area (Å²) in [5.41, 5.74) is 0. The Balaban J connectivity index is 1.59. The summed E-state index contributed by atoms with van der Waals surface area (Å²) >= 11 is 6.01. The molecule has 2 aliphatic rings. The van der Waals surface area contributed by atoms with Gasteiger partial charge in [-0.3, -0.25) is 0 Å². The van der Waals surface area contributed by atoms with Crippen molar-refractivity contribution in [3.63, 3.8) is 0 Å². The van der Waals surface area contributed by atoms with Crippen LogP contribution in [0.3, 0.4) is 0 Å². The third-order valence-corrected chi connectivity index (χ3v) is 4.52. The summed E-state index contributed by atoms with van der Waals surface area (Å²) in [5.74, 6) is 1.80. The molecule has 0 bridgehead atoms. The summed E-state index contributed by atoms with van der Waals surface area (Å²) in [5, 5.41) is 13.1. The SMILES string of the molecule is OC1CCC(CNc2nc(Cl)nc(N3CCCC3)n2)CC1. The number of aliphatic hydroxyl groups excluding tert-OH is 1. The topological polar surface area (TPSA) is 74.2 Å². The smallest absolute Gasteiger partial charge is 0.231 e. The van der Waals surface area contributed by atoms with E-state index in [0.717, 1.165) is 45.3 Å². The highest BCUT2D eigenvalue weighted by Gasteiger charge is 2.20. The molecule has 0 unspecified atom stereocenters. The lowest BCUT2D eigenvalue weighted by Crippen LogP contribution is -2.25. The molecule has 1 aliphatic carbocycles. The van der Waals surface area contributed by atoms with Gasteiger partial charge in [0.2, 0.25) is 17.2 Å². The van der Waals surface area contributed by atoms with Crippen molar-refractivity contribution in [1.29, 1.82) is 0 Å². The van der Waals surface area contributed by atoms with Crippen molar-refractivity contribution in [3.05, 3.63) is 5.28 Å². The number of anilines is 2. The summed E-state index contributed by atoms with van der Waals surface area (Å²) in [6.07, 6.45) is 6.12. The molecule has 6 nitrogen and oxygen atoms in total. The molecular formula is C14H22ClN5O. The van der Waals surface area contributed by atoms with Crippen LogP contribution in [-0.4, -0.2) is 45.8 Å². The molecule has 1 aliphatic heterocycles. The molecule has 1 saturated carbocycles. The molecule has 0 amide bonds. The maximum atomic E-state index is 9.53. The number of rotatable bonds is 4. The van der Waals surface area contributed by atoms with E-state index in [9.17, 15) is 5.11 Å². The molecule has 1 aromatic heterocycles. The third kappa shape index (κ3) is 3.95. The minimum atomic E-state index is -0.116. The van der Waals surface area contributed by atoms with E-state index >= 15 is 0 Å². The molecule has 1 aromatic rings. The lowest BCUT2D eigenvalue weighted by molar-refractivity contribution is 0.111. The quantitative estimate of drug-likeness (QED) is 0.887. The van der Waals surface area contributed by atoms with Crippen molar-refractivity contribution in [3.8, 4) is 0 Å². The van der Waals surface area contributed by atoms with E-state index in [1.807, 2.05) is 0 Å². The summed E-state index contributed by atoms with van der Waals surface area (Å²) in [4.78, 5) is 15.0. The van der Waals surface area contributed by atoms with E-state index in [0.29, 0.717) is 17.8 Å². The van der Waals surface area contributed by atoms with Gasteiger partial charge in [0.15, 0.2) is 0 Å². The van der Waals surface area contributed by atoms with Gasteiger partial charge in [-0.05, 0) is 56.0 Å². The molecule has 0 spiro atoms. The molecule has 2 heterocycles. The number of aliphatic hydroxyl groups is 1. The minimum Gasteiger partial charge on any atom is -0.393 e. The summed E-state index contributed by atoms with van der Waals surface area (Å²) in [6.45, 7) is 2.80. The van der Waals surface area contributed by atoms with Gasteiger partial charge >= 0.3 is 0 Å². The van der Waals surface area contributed by atoms with Crippen LogP contribution in [-0.2, 0) is 0 Å². The van der Waals surface area contributed by atoms with Gasteiger partial charge in [0.1, 0.15) is 0 Å². The summed E-state index contributed by atoms with van der Waals surface area (Å²) in [6, 6.07) is 0. The molecule has 1 saturated heterocycles. The van der Waals surface area contributed by atoms with E-state index < -0.39 is 0 Å². The molecule has 0 radical (unpaired) electrons. The summed E-state index contributed by atoms with van der Waals surface area (Å²) < 4.78 is 0. The predicted octanol–water partition coefficient (Wildman–Crippen LogP) is 2.09. The Bertz CT molecular complexity index is 472. The van der Waals surface area contributed by atoms with Crippen LogP contribution < -0.4 is 10.2 Å². The predicted molar refractivity (Wildman–Crippen MR) is 82.7 cm³/mol. The van der Waals surface area contributed by atoms with Gasteiger partial charge < -0.3 is 15.3 Å². The first-order chi connectivity index (χ1) is 10.2. The van der Waals surface area contributed by atoms with Gasteiger partial charge in [0.25, 0.3) is 0 Å². The number of nitrogens with zero attached hydrogens (tertiary/aromatic N) is 4. The van der Waals surface area contributed by atoms with Gasteiger partial charge in [-0.1, -0.05) is 0 Å². The number of hydrogen-bond acceptors (Lipinski definition) is 6. The van der Waals surface area contributed by atoms with E-state index in [1.165, 1.54) is 12.8 Å². The van der Waals surface area contributed by atoms with E-state index in [4.69, 9.17) is 11.6 Å². The van der Waals surface area contributed by atoms with Crippen molar-refractivity contribution in [2.24, 2.45) is 5.92 Å². The maximum Gasteiger partial charge on any atom is 0.231 e. The number of halogens is 1. The first kappa shape index (κ1) is 14.8. The zero-order chi connectivity index (χ0) is 14.7. The molecular weight excluding hydrogens is 290 g/mol. The highest BCUT2D eigenvalue weighted by molar-refractivity contribution is 6.28.